The average Bonchev–Trinajstić information content (AvgIpc) is 3.22. The van der Waals surface area contributed by atoms with E-state index in [2.05, 4.69) is 14.9 Å². The predicted octanol–water partition coefficient (Wildman–Crippen LogP) is 4.05. The second-order valence-electron chi connectivity index (χ2n) is 8.58. The molecule has 1 heterocycles. The van der Waals surface area contributed by atoms with Crippen LogP contribution in [0.4, 0.5) is 0 Å². The number of methoxy groups -OCH3 is 1. The topological polar surface area (TPSA) is 121 Å². The first-order chi connectivity index (χ1) is 15.4. The van der Waals surface area contributed by atoms with Gasteiger partial charge in [-0.25, -0.2) is 17.9 Å². The summed E-state index contributed by atoms with van der Waals surface area (Å²) in [6.07, 6.45) is -0.848. The van der Waals surface area contributed by atoms with Crippen LogP contribution in [0, 0.1) is 6.92 Å². The van der Waals surface area contributed by atoms with Crippen molar-refractivity contribution in [2.24, 2.45) is 0 Å². The number of aryl methyl sites for hydroxylation is 1. The highest BCUT2D eigenvalue weighted by Gasteiger charge is 2.27. The average molecular weight is 474 g/mol. The van der Waals surface area contributed by atoms with Crippen molar-refractivity contribution < 1.29 is 27.1 Å². The van der Waals surface area contributed by atoms with Gasteiger partial charge >= 0.3 is 5.97 Å². The Labute approximate surface area is 193 Å². The fourth-order valence-electron chi connectivity index (χ4n) is 2.96. The first-order valence-electron chi connectivity index (χ1n) is 10.2. The van der Waals surface area contributed by atoms with Gasteiger partial charge in [0, 0.05) is 11.1 Å². The fraction of sp³-hybridized carbons (Fsp3) is 0.348. The number of carbonyl (C=O) groups excluding carboxylic acids is 1. The minimum Gasteiger partial charge on any atom is -0.495 e. The quantitative estimate of drug-likeness (QED) is 0.510. The molecule has 0 saturated heterocycles. The number of nitrogens with one attached hydrogen (secondary N) is 1. The number of aromatic nitrogens is 2. The third-order valence-electron chi connectivity index (χ3n) is 4.50. The molecule has 1 N–H and O–H groups in total. The Morgan fingerprint density at radius 1 is 1.09 bits per heavy atom. The normalized spacial score (nSPS) is 12.9. The summed E-state index contributed by atoms with van der Waals surface area (Å²) in [6, 6.07) is 11.6. The Morgan fingerprint density at radius 3 is 2.36 bits per heavy atom. The zero-order valence-corrected chi connectivity index (χ0v) is 20.2. The number of ether oxygens (including phenoxy) is 2. The number of rotatable bonds is 7. The molecule has 33 heavy (non-hydrogen) atoms. The van der Waals surface area contributed by atoms with Crippen LogP contribution in [0.2, 0.25) is 0 Å². The van der Waals surface area contributed by atoms with Gasteiger partial charge in [0.1, 0.15) is 10.6 Å². The molecule has 1 atom stereocenters. The molecule has 3 aromatic rings. The van der Waals surface area contributed by atoms with Crippen molar-refractivity contribution in [3.8, 4) is 17.2 Å². The summed E-state index contributed by atoms with van der Waals surface area (Å²) < 4.78 is 44.5. The molecule has 0 fully saturated rings. The van der Waals surface area contributed by atoms with E-state index in [9.17, 15) is 13.2 Å². The second kappa shape index (κ2) is 9.32. The summed E-state index contributed by atoms with van der Waals surface area (Å²) in [4.78, 5) is 12.6. The SMILES string of the molecule is COc1ccc(C(=O)OC(C)c2nnc(-c3ccc(C)cc3)o2)cc1S(=O)(=O)NC(C)(C)C. The molecule has 176 valence electrons. The van der Waals surface area contributed by atoms with Crippen LogP contribution in [-0.2, 0) is 14.8 Å². The van der Waals surface area contributed by atoms with Gasteiger partial charge in [-0.1, -0.05) is 17.7 Å². The lowest BCUT2D eigenvalue weighted by Gasteiger charge is -2.21. The lowest BCUT2D eigenvalue weighted by Crippen LogP contribution is -2.40. The molecule has 1 aromatic heterocycles. The summed E-state index contributed by atoms with van der Waals surface area (Å²) in [6.45, 7) is 8.70. The maximum Gasteiger partial charge on any atom is 0.338 e. The Bertz CT molecular complexity index is 1240. The van der Waals surface area contributed by atoms with Crippen LogP contribution in [0.25, 0.3) is 11.5 Å². The van der Waals surface area contributed by atoms with Crippen molar-refractivity contribution in [1.82, 2.24) is 14.9 Å². The molecule has 10 heteroatoms. The maximum absolute atomic E-state index is 12.8. The Balaban J connectivity index is 1.81. The van der Waals surface area contributed by atoms with Gasteiger partial charge < -0.3 is 13.9 Å². The molecule has 3 rings (SSSR count). The first-order valence-corrected chi connectivity index (χ1v) is 11.7. The third kappa shape index (κ3) is 5.96. The van der Waals surface area contributed by atoms with Crippen molar-refractivity contribution in [2.75, 3.05) is 7.11 Å². The fourth-order valence-corrected chi connectivity index (χ4v) is 4.58. The molecule has 9 nitrogen and oxygen atoms in total. The van der Waals surface area contributed by atoms with E-state index in [-0.39, 0.29) is 22.1 Å². The monoisotopic (exact) mass is 473 g/mol. The van der Waals surface area contributed by atoms with E-state index in [1.54, 1.807) is 27.7 Å². The maximum atomic E-state index is 12.8. The highest BCUT2D eigenvalue weighted by molar-refractivity contribution is 7.89. The molecule has 1 unspecified atom stereocenters. The van der Waals surface area contributed by atoms with E-state index < -0.39 is 27.6 Å². The Kier molecular flexibility index (Phi) is 6.89. The van der Waals surface area contributed by atoms with Gasteiger partial charge in [-0.05, 0) is 65.0 Å². The number of hydrogen-bond acceptors (Lipinski definition) is 8. The number of carbonyl (C=O) groups is 1. The van der Waals surface area contributed by atoms with Gasteiger partial charge in [-0.3, -0.25) is 0 Å². The van der Waals surface area contributed by atoms with Gasteiger partial charge in [0.15, 0.2) is 6.10 Å². The minimum atomic E-state index is -3.95. The smallest absolute Gasteiger partial charge is 0.338 e. The van der Waals surface area contributed by atoms with Crippen LogP contribution >= 0.6 is 0 Å². The van der Waals surface area contributed by atoms with Gasteiger partial charge in [0.2, 0.25) is 15.9 Å². The zero-order chi connectivity index (χ0) is 24.4. The molecule has 0 radical (unpaired) electrons. The van der Waals surface area contributed by atoms with Crippen LogP contribution in [0.1, 0.15) is 55.6 Å². The highest BCUT2D eigenvalue weighted by atomic mass is 32.2. The van der Waals surface area contributed by atoms with Gasteiger partial charge in [0.25, 0.3) is 5.89 Å². The summed E-state index contributed by atoms with van der Waals surface area (Å²) in [7, 11) is -2.60. The van der Waals surface area contributed by atoms with Crippen LogP contribution < -0.4 is 9.46 Å². The molecule has 0 aliphatic rings. The van der Waals surface area contributed by atoms with E-state index in [1.165, 1.54) is 25.3 Å². The number of sulfonamides is 1. The van der Waals surface area contributed by atoms with Crippen LogP contribution in [0.3, 0.4) is 0 Å². The molecule has 2 aromatic carbocycles. The molecular weight excluding hydrogens is 446 g/mol. The Hall–Kier alpha value is -3.24. The molecule has 0 bridgehead atoms. The second-order valence-corrected chi connectivity index (χ2v) is 10.2. The van der Waals surface area contributed by atoms with Gasteiger partial charge in [-0.15, -0.1) is 10.2 Å². The van der Waals surface area contributed by atoms with E-state index in [0.29, 0.717) is 5.89 Å². The van der Waals surface area contributed by atoms with Crippen molar-refractivity contribution >= 4 is 16.0 Å². The van der Waals surface area contributed by atoms with E-state index in [1.807, 2.05) is 31.2 Å². The van der Waals surface area contributed by atoms with E-state index in [4.69, 9.17) is 13.9 Å². The standard InChI is InChI=1S/C23H27N3O6S/c1-14-7-9-16(10-8-14)21-25-24-20(32-21)15(2)31-22(27)17-11-12-18(30-6)19(13-17)33(28,29)26-23(3,4)5/h7-13,15,26H,1-6H3. The molecule has 0 aliphatic heterocycles. The Morgan fingerprint density at radius 2 is 1.76 bits per heavy atom. The molecular formula is C23H27N3O6S. The summed E-state index contributed by atoms with van der Waals surface area (Å²) in [5, 5.41) is 7.97. The van der Waals surface area contributed by atoms with E-state index in [0.717, 1.165) is 11.1 Å². The lowest BCUT2D eigenvalue weighted by molar-refractivity contribution is 0.0279. The number of nitrogens with zero attached hydrogens (tertiary/aromatic N) is 2. The van der Waals surface area contributed by atoms with Gasteiger partial charge in [-0.2, -0.15) is 0 Å². The molecule has 0 spiro atoms. The summed E-state index contributed by atoms with van der Waals surface area (Å²) in [5.41, 5.74) is 1.16. The number of hydrogen-bond donors (Lipinski definition) is 1. The predicted molar refractivity (Wildman–Crippen MR) is 121 cm³/mol. The van der Waals surface area contributed by atoms with Crippen molar-refractivity contribution in [3.05, 3.63) is 59.5 Å². The number of esters is 1. The lowest BCUT2D eigenvalue weighted by atomic mass is 10.1. The van der Waals surface area contributed by atoms with Gasteiger partial charge in [0.05, 0.1) is 12.7 Å². The first kappa shape index (κ1) is 24.4. The molecule has 0 amide bonds. The van der Waals surface area contributed by atoms with Crippen molar-refractivity contribution in [3.63, 3.8) is 0 Å². The third-order valence-corrected chi connectivity index (χ3v) is 6.28. The largest absolute Gasteiger partial charge is 0.495 e. The summed E-state index contributed by atoms with van der Waals surface area (Å²) in [5.74, 6) is -0.211. The van der Waals surface area contributed by atoms with Crippen molar-refractivity contribution in [1.29, 1.82) is 0 Å². The minimum absolute atomic E-state index is 0.0372. The van der Waals surface area contributed by atoms with Crippen LogP contribution in [0.15, 0.2) is 51.8 Å². The highest BCUT2D eigenvalue weighted by Crippen LogP contribution is 2.28. The zero-order valence-electron chi connectivity index (χ0n) is 19.4. The molecule has 0 aliphatic carbocycles. The van der Waals surface area contributed by atoms with Crippen molar-refractivity contribution in [2.45, 2.75) is 51.2 Å². The molecule has 0 saturated carbocycles. The number of benzene rings is 2. The van der Waals surface area contributed by atoms with Crippen LogP contribution in [0.5, 0.6) is 5.75 Å². The van der Waals surface area contributed by atoms with Crippen LogP contribution in [-0.4, -0.2) is 37.2 Å². The summed E-state index contributed by atoms with van der Waals surface area (Å²) >= 11 is 0. The van der Waals surface area contributed by atoms with E-state index >= 15 is 0 Å².